The molecule has 1 aromatic heterocycles. The topological polar surface area (TPSA) is 45.4 Å². The van der Waals surface area contributed by atoms with Crippen LogP contribution in [0.25, 0.3) is 0 Å². The quantitative estimate of drug-likeness (QED) is 0.907. The lowest BCUT2D eigenvalue weighted by molar-refractivity contribution is 0.252. The predicted octanol–water partition coefficient (Wildman–Crippen LogP) is 1.72. The Morgan fingerprint density at radius 2 is 2.17 bits per heavy atom. The van der Waals surface area contributed by atoms with Gasteiger partial charge in [-0.1, -0.05) is 11.6 Å². The zero-order chi connectivity index (χ0) is 13.1. The zero-order valence-electron chi connectivity index (χ0n) is 11.1. The summed E-state index contributed by atoms with van der Waals surface area (Å²) < 4.78 is 0. The van der Waals surface area contributed by atoms with Crippen LogP contribution >= 0.6 is 11.6 Å². The average molecular weight is 269 g/mol. The number of nitrogens with two attached hydrogens (primary N) is 1. The fraction of sp³-hybridized carbons (Fsp3) is 0.615. The normalized spacial score (nSPS) is 18.0. The summed E-state index contributed by atoms with van der Waals surface area (Å²) in [4.78, 5) is 9.01. The Morgan fingerprint density at radius 3 is 2.72 bits per heavy atom. The monoisotopic (exact) mass is 268 g/mol. The number of piperidine rings is 1. The van der Waals surface area contributed by atoms with Gasteiger partial charge in [-0.25, -0.2) is 4.98 Å². The molecular weight excluding hydrogens is 248 g/mol. The fourth-order valence-electron chi connectivity index (χ4n) is 2.40. The molecule has 4 nitrogen and oxygen atoms in total. The second-order valence-corrected chi connectivity index (χ2v) is 5.41. The first-order valence-electron chi connectivity index (χ1n) is 6.37. The van der Waals surface area contributed by atoms with Crippen LogP contribution in [0.5, 0.6) is 0 Å². The number of hydrogen-bond donors (Lipinski definition) is 1. The van der Waals surface area contributed by atoms with Gasteiger partial charge in [0, 0.05) is 25.8 Å². The van der Waals surface area contributed by atoms with Crippen LogP contribution in [0.4, 0.5) is 5.82 Å². The van der Waals surface area contributed by atoms with Crippen molar-refractivity contribution in [1.29, 1.82) is 0 Å². The second-order valence-electron chi connectivity index (χ2n) is 5.00. The molecule has 5 heteroatoms. The molecule has 18 heavy (non-hydrogen) atoms. The maximum atomic E-state index is 6.28. The van der Waals surface area contributed by atoms with Crippen molar-refractivity contribution >= 4 is 17.4 Å². The third kappa shape index (κ3) is 2.94. The molecule has 0 spiro atoms. The molecule has 1 aliphatic heterocycles. The van der Waals surface area contributed by atoms with E-state index in [0.29, 0.717) is 17.6 Å². The maximum Gasteiger partial charge on any atom is 0.147 e. The van der Waals surface area contributed by atoms with Crippen molar-refractivity contribution in [3.05, 3.63) is 22.8 Å². The number of nitrogens with zero attached hydrogens (tertiary/aromatic N) is 3. The van der Waals surface area contributed by atoms with Crippen molar-refractivity contribution in [2.24, 2.45) is 5.73 Å². The molecule has 1 aromatic rings. The van der Waals surface area contributed by atoms with Gasteiger partial charge in [-0.2, -0.15) is 0 Å². The second kappa shape index (κ2) is 5.87. The lowest BCUT2D eigenvalue weighted by Crippen LogP contribution is -2.42. The first-order chi connectivity index (χ1) is 8.61. The third-order valence-electron chi connectivity index (χ3n) is 3.68. The molecular formula is C13H21ClN4. The van der Waals surface area contributed by atoms with E-state index in [4.69, 9.17) is 17.3 Å². The summed E-state index contributed by atoms with van der Waals surface area (Å²) >= 11 is 6.28. The number of aromatic nitrogens is 1. The molecule has 0 amide bonds. The van der Waals surface area contributed by atoms with E-state index in [1.165, 1.54) is 0 Å². The number of hydrogen-bond acceptors (Lipinski definition) is 4. The summed E-state index contributed by atoms with van der Waals surface area (Å²) in [6.07, 6.45) is 4.12. The van der Waals surface area contributed by atoms with Gasteiger partial charge in [0.1, 0.15) is 5.82 Å². The minimum atomic E-state index is 0.477. The van der Waals surface area contributed by atoms with Crippen LogP contribution in [0.2, 0.25) is 5.02 Å². The van der Waals surface area contributed by atoms with Crippen molar-refractivity contribution in [3.8, 4) is 0 Å². The minimum Gasteiger partial charge on any atom is -0.355 e. The molecule has 0 aromatic carbocycles. The summed E-state index contributed by atoms with van der Waals surface area (Å²) in [5.41, 5.74) is 6.56. The molecule has 0 radical (unpaired) electrons. The largest absolute Gasteiger partial charge is 0.355 e. The molecule has 0 aliphatic carbocycles. The Bertz CT molecular complexity index is 402. The van der Waals surface area contributed by atoms with Gasteiger partial charge >= 0.3 is 0 Å². The van der Waals surface area contributed by atoms with E-state index in [1.54, 1.807) is 0 Å². The third-order valence-corrected chi connectivity index (χ3v) is 3.96. The number of halogens is 1. The van der Waals surface area contributed by atoms with Gasteiger partial charge in [0.25, 0.3) is 0 Å². The Hall–Kier alpha value is -0.840. The zero-order valence-corrected chi connectivity index (χ0v) is 11.8. The minimum absolute atomic E-state index is 0.477. The highest BCUT2D eigenvalue weighted by molar-refractivity contribution is 6.33. The number of rotatable bonds is 3. The van der Waals surface area contributed by atoms with Crippen molar-refractivity contribution < 1.29 is 0 Å². The van der Waals surface area contributed by atoms with Crippen LogP contribution in [0, 0.1) is 0 Å². The highest BCUT2D eigenvalue weighted by atomic mass is 35.5. The van der Waals surface area contributed by atoms with E-state index in [9.17, 15) is 0 Å². The molecule has 1 aliphatic rings. The van der Waals surface area contributed by atoms with Crippen LogP contribution in [-0.2, 0) is 6.54 Å². The van der Waals surface area contributed by atoms with Crippen molar-refractivity contribution in [3.63, 3.8) is 0 Å². The standard InChI is InChI=1S/C13H21ClN4/c1-17-5-3-11(4-6-17)18(2)13-12(14)7-10(8-15)9-16-13/h7,9,11H,3-6,8,15H2,1-2H3. The van der Waals surface area contributed by atoms with E-state index in [1.807, 2.05) is 12.3 Å². The predicted molar refractivity (Wildman–Crippen MR) is 76.1 cm³/mol. The number of pyridine rings is 1. The van der Waals surface area contributed by atoms with Gasteiger partial charge < -0.3 is 15.5 Å². The van der Waals surface area contributed by atoms with Gasteiger partial charge in [-0.05, 0) is 44.6 Å². The Balaban J connectivity index is 2.11. The lowest BCUT2D eigenvalue weighted by Gasteiger charge is -2.36. The van der Waals surface area contributed by atoms with Gasteiger partial charge in [0.05, 0.1) is 5.02 Å². The van der Waals surface area contributed by atoms with E-state index in [0.717, 1.165) is 37.3 Å². The maximum absolute atomic E-state index is 6.28. The van der Waals surface area contributed by atoms with Crippen LogP contribution in [0.15, 0.2) is 12.3 Å². The van der Waals surface area contributed by atoms with Gasteiger partial charge in [-0.15, -0.1) is 0 Å². The summed E-state index contributed by atoms with van der Waals surface area (Å²) in [6, 6.07) is 2.44. The first-order valence-corrected chi connectivity index (χ1v) is 6.75. The molecule has 2 heterocycles. The van der Waals surface area contributed by atoms with E-state index >= 15 is 0 Å². The number of likely N-dealkylation sites (tertiary alicyclic amines) is 1. The number of anilines is 1. The summed E-state index contributed by atoms with van der Waals surface area (Å²) in [5, 5.41) is 0.694. The molecule has 0 atom stereocenters. The van der Waals surface area contributed by atoms with Crippen LogP contribution < -0.4 is 10.6 Å². The van der Waals surface area contributed by atoms with Crippen molar-refractivity contribution in [1.82, 2.24) is 9.88 Å². The summed E-state index contributed by atoms with van der Waals surface area (Å²) in [5.74, 6) is 0.864. The molecule has 100 valence electrons. The molecule has 0 unspecified atom stereocenters. The van der Waals surface area contributed by atoms with Gasteiger partial charge in [-0.3, -0.25) is 0 Å². The molecule has 0 saturated carbocycles. The smallest absolute Gasteiger partial charge is 0.147 e. The molecule has 1 saturated heterocycles. The highest BCUT2D eigenvalue weighted by Gasteiger charge is 2.22. The lowest BCUT2D eigenvalue weighted by atomic mass is 10.0. The highest BCUT2D eigenvalue weighted by Crippen LogP contribution is 2.27. The molecule has 0 bridgehead atoms. The van der Waals surface area contributed by atoms with Crippen molar-refractivity contribution in [2.45, 2.75) is 25.4 Å². The van der Waals surface area contributed by atoms with Crippen molar-refractivity contribution in [2.75, 3.05) is 32.1 Å². The summed E-state index contributed by atoms with van der Waals surface area (Å²) in [7, 11) is 4.24. The Kier molecular flexibility index (Phi) is 4.43. The first kappa shape index (κ1) is 13.6. The Morgan fingerprint density at radius 1 is 1.50 bits per heavy atom. The molecule has 1 fully saturated rings. The average Bonchev–Trinajstić information content (AvgIpc) is 2.38. The van der Waals surface area contributed by atoms with Gasteiger partial charge in [0.15, 0.2) is 0 Å². The van der Waals surface area contributed by atoms with E-state index in [2.05, 4.69) is 28.9 Å². The van der Waals surface area contributed by atoms with Crippen LogP contribution in [0.1, 0.15) is 18.4 Å². The molecule has 2 rings (SSSR count). The fourth-order valence-corrected chi connectivity index (χ4v) is 2.72. The van der Waals surface area contributed by atoms with E-state index in [-0.39, 0.29) is 0 Å². The summed E-state index contributed by atoms with van der Waals surface area (Å²) in [6.45, 7) is 2.74. The SMILES string of the molecule is CN1CCC(N(C)c2ncc(CN)cc2Cl)CC1. The Labute approximate surface area is 114 Å². The van der Waals surface area contributed by atoms with Crippen LogP contribution in [0.3, 0.4) is 0 Å². The molecule has 2 N–H and O–H groups in total. The van der Waals surface area contributed by atoms with E-state index < -0.39 is 0 Å². The van der Waals surface area contributed by atoms with Gasteiger partial charge in [0.2, 0.25) is 0 Å². The van der Waals surface area contributed by atoms with Crippen LogP contribution in [-0.4, -0.2) is 43.1 Å².